The number of hydrogen-bond acceptors (Lipinski definition) is 4. The minimum atomic E-state index is 0.431. The number of aromatic nitrogens is 1. The SMILES string of the molecule is c1ccc(Oc2cccc(OCCOc3ccccn3)c2)cc1. The molecule has 0 N–H and O–H groups in total. The van der Waals surface area contributed by atoms with Gasteiger partial charge in [0, 0.05) is 18.3 Å². The van der Waals surface area contributed by atoms with E-state index in [0.29, 0.717) is 19.1 Å². The van der Waals surface area contributed by atoms with E-state index in [1.165, 1.54) is 0 Å². The van der Waals surface area contributed by atoms with Gasteiger partial charge in [-0.3, -0.25) is 0 Å². The summed E-state index contributed by atoms with van der Waals surface area (Å²) in [7, 11) is 0. The molecule has 0 saturated heterocycles. The summed E-state index contributed by atoms with van der Waals surface area (Å²) in [5.41, 5.74) is 0. The predicted octanol–water partition coefficient (Wildman–Crippen LogP) is 4.33. The molecular formula is C19H17NO3. The van der Waals surface area contributed by atoms with Crippen LogP contribution in [0.5, 0.6) is 23.1 Å². The fourth-order valence-electron chi connectivity index (χ4n) is 1.99. The Morgan fingerprint density at radius 3 is 2.22 bits per heavy atom. The Morgan fingerprint density at radius 1 is 0.652 bits per heavy atom. The van der Waals surface area contributed by atoms with Crippen molar-refractivity contribution in [3.63, 3.8) is 0 Å². The molecule has 0 radical (unpaired) electrons. The van der Waals surface area contributed by atoms with Crippen LogP contribution in [-0.4, -0.2) is 18.2 Å². The zero-order chi connectivity index (χ0) is 15.7. The minimum absolute atomic E-state index is 0.431. The molecule has 2 aromatic carbocycles. The maximum absolute atomic E-state index is 5.77. The fraction of sp³-hybridized carbons (Fsp3) is 0.105. The molecule has 4 nitrogen and oxygen atoms in total. The molecule has 0 atom stereocenters. The normalized spacial score (nSPS) is 10.1. The van der Waals surface area contributed by atoms with Crippen molar-refractivity contribution in [3.05, 3.63) is 79.0 Å². The Bertz CT molecular complexity index is 717. The lowest BCUT2D eigenvalue weighted by molar-refractivity contribution is 0.211. The summed E-state index contributed by atoms with van der Waals surface area (Å²) in [6.45, 7) is 0.867. The summed E-state index contributed by atoms with van der Waals surface area (Å²) >= 11 is 0. The topological polar surface area (TPSA) is 40.6 Å². The van der Waals surface area contributed by atoms with Crippen molar-refractivity contribution >= 4 is 0 Å². The van der Waals surface area contributed by atoms with Crippen LogP contribution in [0.4, 0.5) is 0 Å². The second kappa shape index (κ2) is 7.84. The summed E-state index contributed by atoms with van der Waals surface area (Å²) in [5, 5.41) is 0. The number of hydrogen-bond donors (Lipinski definition) is 0. The molecule has 3 aromatic rings. The van der Waals surface area contributed by atoms with Crippen molar-refractivity contribution in [2.45, 2.75) is 0 Å². The molecule has 1 aromatic heterocycles. The smallest absolute Gasteiger partial charge is 0.213 e. The number of pyridine rings is 1. The number of nitrogens with zero attached hydrogens (tertiary/aromatic N) is 1. The first-order valence-corrected chi connectivity index (χ1v) is 7.40. The third-order valence-electron chi connectivity index (χ3n) is 3.02. The molecule has 4 heteroatoms. The van der Waals surface area contributed by atoms with Crippen molar-refractivity contribution in [1.82, 2.24) is 4.98 Å². The standard InChI is InChI=1S/C19H17NO3/c1-2-7-16(8-3-1)23-18-10-6-9-17(15-18)21-13-14-22-19-11-4-5-12-20-19/h1-12,15H,13-14H2. The van der Waals surface area contributed by atoms with Gasteiger partial charge in [0.2, 0.25) is 5.88 Å². The lowest BCUT2D eigenvalue weighted by atomic mass is 10.3. The first kappa shape index (κ1) is 14.9. The van der Waals surface area contributed by atoms with E-state index in [1.54, 1.807) is 6.20 Å². The van der Waals surface area contributed by atoms with Gasteiger partial charge < -0.3 is 14.2 Å². The van der Waals surface area contributed by atoms with Gasteiger partial charge in [-0.15, -0.1) is 0 Å². The molecule has 0 bridgehead atoms. The van der Waals surface area contributed by atoms with Crippen LogP contribution in [0.2, 0.25) is 0 Å². The van der Waals surface area contributed by atoms with Crippen LogP contribution in [0.3, 0.4) is 0 Å². The molecule has 0 aliphatic rings. The van der Waals surface area contributed by atoms with Gasteiger partial charge in [0.05, 0.1) is 0 Å². The van der Waals surface area contributed by atoms with Crippen LogP contribution >= 0.6 is 0 Å². The number of para-hydroxylation sites is 1. The van der Waals surface area contributed by atoms with E-state index in [2.05, 4.69) is 4.98 Å². The van der Waals surface area contributed by atoms with Crippen molar-refractivity contribution in [2.75, 3.05) is 13.2 Å². The highest BCUT2D eigenvalue weighted by atomic mass is 16.5. The Balaban J connectivity index is 1.49. The van der Waals surface area contributed by atoms with Crippen LogP contribution in [0.15, 0.2) is 79.0 Å². The maximum Gasteiger partial charge on any atom is 0.213 e. The van der Waals surface area contributed by atoms with E-state index in [4.69, 9.17) is 14.2 Å². The molecule has 0 fully saturated rings. The lowest BCUT2D eigenvalue weighted by Gasteiger charge is -2.10. The Hall–Kier alpha value is -3.01. The summed E-state index contributed by atoms with van der Waals surface area (Å²) in [6.07, 6.45) is 1.70. The summed E-state index contributed by atoms with van der Waals surface area (Å²) in [5.74, 6) is 2.86. The van der Waals surface area contributed by atoms with Crippen LogP contribution in [0.1, 0.15) is 0 Å². The van der Waals surface area contributed by atoms with Crippen LogP contribution in [0, 0.1) is 0 Å². The molecule has 0 unspecified atom stereocenters. The van der Waals surface area contributed by atoms with Gasteiger partial charge in [0.1, 0.15) is 30.5 Å². The molecule has 0 amide bonds. The van der Waals surface area contributed by atoms with E-state index < -0.39 is 0 Å². The minimum Gasteiger partial charge on any atom is -0.490 e. The van der Waals surface area contributed by atoms with Crippen molar-refractivity contribution in [2.24, 2.45) is 0 Å². The molecule has 0 saturated carbocycles. The first-order valence-electron chi connectivity index (χ1n) is 7.40. The van der Waals surface area contributed by atoms with Crippen LogP contribution in [0.25, 0.3) is 0 Å². The number of benzene rings is 2. The maximum atomic E-state index is 5.77. The number of rotatable bonds is 7. The molecule has 3 rings (SSSR count). The monoisotopic (exact) mass is 307 g/mol. The summed E-state index contributed by atoms with van der Waals surface area (Å²) in [6, 6.07) is 22.7. The highest BCUT2D eigenvalue weighted by Crippen LogP contribution is 2.24. The predicted molar refractivity (Wildman–Crippen MR) is 88.2 cm³/mol. The van der Waals surface area contributed by atoms with Crippen molar-refractivity contribution in [1.29, 1.82) is 0 Å². The lowest BCUT2D eigenvalue weighted by Crippen LogP contribution is -2.09. The van der Waals surface area contributed by atoms with E-state index in [9.17, 15) is 0 Å². The van der Waals surface area contributed by atoms with Crippen LogP contribution < -0.4 is 14.2 Å². The van der Waals surface area contributed by atoms with Gasteiger partial charge in [-0.1, -0.05) is 30.3 Å². The zero-order valence-corrected chi connectivity index (χ0v) is 12.6. The average Bonchev–Trinajstić information content (AvgIpc) is 2.61. The van der Waals surface area contributed by atoms with Gasteiger partial charge in [-0.25, -0.2) is 4.98 Å². The highest BCUT2D eigenvalue weighted by molar-refractivity contribution is 5.36. The molecule has 0 spiro atoms. The molecule has 1 heterocycles. The van der Waals surface area contributed by atoms with E-state index >= 15 is 0 Å². The van der Waals surface area contributed by atoms with Gasteiger partial charge in [0.15, 0.2) is 0 Å². The second-order valence-corrected chi connectivity index (χ2v) is 4.75. The Labute approximate surface area is 135 Å². The van der Waals surface area contributed by atoms with Crippen molar-refractivity contribution < 1.29 is 14.2 Å². The molecular weight excluding hydrogens is 290 g/mol. The third kappa shape index (κ3) is 4.74. The van der Waals surface area contributed by atoms with Gasteiger partial charge in [-0.05, 0) is 30.3 Å². The quantitative estimate of drug-likeness (QED) is 0.609. The third-order valence-corrected chi connectivity index (χ3v) is 3.02. The largest absolute Gasteiger partial charge is 0.490 e. The zero-order valence-electron chi connectivity index (χ0n) is 12.6. The van der Waals surface area contributed by atoms with Gasteiger partial charge in [-0.2, -0.15) is 0 Å². The fourth-order valence-corrected chi connectivity index (χ4v) is 1.99. The molecule has 0 aliphatic heterocycles. The first-order chi connectivity index (χ1) is 11.4. The Kier molecular flexibility index (Phi) is 5.08. The Morgan fingerprint density at radius 2 is 1.39 bits per heavy atom. The van der Waals surface area contributed by atoms with Crippen molar-refractivity contribution in [3.8, 4) is 23.1 Å². The second-order valence-electron chi connectivity index (χ2n) is 4.75. The highest BCUT2D eigenvalue weighted by Gasteiger charge is 2.00. The summed E-state index contributed by atoms with van der Waals surface area (Å²) in [4.78, 5) is 4.09. The number of ether oxygens (including phenoxy) is 3. The van der Waals surface area contributed by atoms with Crippen LogP contribution in [-0.2, 0) is 0 Å². The summed E-state index contributed by atoms with van der Waals surface area (Å²) < 4.78 is 16.9. The molecule has 23 heavy (non-hydrogen) atoms. The van der Waals surface area contributed by atoms with Gasteiger partial charge in [0.25, 0.3) is 0 Å². The molecule has 116 valence electrons. The van der Waals surface area contributed by atoms with Gasteiger partial charge >= 0.3 is 0 Å². The average molecular weight is 307 g/mol. The molecule has 0 aliphatic carbocycles. The van der Waals surface area contributed by atoms with E-state index in [0.717, 1.165) is 17.2 Å². The van der Waals surface area contributed by atoms with E-state index in [1.807, 2.05) is 72.8 Å². The van der Waals surface area contributed by atoms with E-state index in [-0.39, 0.29) is 0 Å².